The fourth-order valence-corrected chi connectivity index (χ4v) is 2.15. The summed E-state index contributed by atoms with van der Waals surface area (Å²) in [6.07, 6.45) is 5.37. The van der Waals surface area contributed by atoms with Crippen LogP contribution in [0.4, 0.5) is 0 Å². The van der Waals surface area contributed by atoms with Crippen molar-refractivity contribution in [2.75, 3.05) is 13.2 Å². The van der Waals surface area contributed by atoms with Crippen molar-refractivity contribution in [3.63, 3.8) is 0 Å². The second kappa shape index (κ2) is 5.82. The van der Waals surface area contributed by atoms with Crippen LogP contribution in [0.3, 0.4) is 0 Å². The first kappa shape index (κ1) is 11.4. The van der Waals surface area contributed by atoms with Gasteiger partial charge < -0.3 is 9.47 Å². The van der Waals surface area contributed by atoms with E-state index in [2.05, 4.69) is 0 Å². The Morgan fingerprint density at radius 1 is 1.69 bits per heavy atom. The van der Waals surface area contributed by atoms with Crippen molar-refractivity contribution >= 4 is 23.4 Å². The van der Waals surface area contributed by atoms with Crippen molar-refractivity contribution in [2.45, 2.75) is 18.9 Å². The van der Waals surface area contributed by atoms with Gasteiger partial charge in [-0.15, -0.1) is 11.3 Å². The molecule has 0 spiro atoms. The molecule has 1 saturated heterocycles. The molecule has 1 fully saturated rings. The molecule has 4 heteroatoms. The van der Waals surface area contributed by atoms with Crippen molar-refractivity contribution in [1.29, 1.82) is 0 Å². The average Bonchev–Trinajstić information content (AvgIpc) is 2.96. The summed E-state index contributed by atoms with van der Waals surface area (Å²) in [5.41, 5.74) is 0. The van der Waals surface area contributed by atoms with Gasteiger partial charge in [-0.05, 0) is 30.4 Å². The normalized spacial score (nSPS) is 20.4. The Bertz CT molecular complexity index is 350. The average molecular weight is 238 g/mol. The Morgan fingerprint density at radius 3 is 3.31 bits per heavy atom. The largest absolute Gasteiger partial charge is 0.460 e. The topological polar surface area (TPSA) is 35.5 Å². The second-order valence-electron chi connectivity index (χ2n) is 3.61. The fourth-order valence-electron chi connectivity index (χ4n) is 1.54. The minimum atomic E-state index is -0.302. The summed E-state index contributed by atoms with van der Waals surface area (Å²) in [6, 6.07) is 3.90. The lowest BCUT2D eigenvalue weighted by atomic mass is 10.2. The smallest absolute Gasteiger partial charge is 0.330 e. The van der Waals surface area contributed by atoms with Gasteiger partial charge in [0.1, 0.15) is 6.61 Å². The molecular formula is C12H14O3S. The lowest BCUT2D eigenvalue weighted by Crippen LogP contribution is -2.16. The van der Waals surface area contributed by atoms with E-state index in [1.165, 1.54) is 6.08 Å². The summed E-state index contributed by atoms with van der Waals surface area (Å²) in [6.45, 7) is 1.15. The summed E-state index contributed by atoms with van der Waals surface area (Å²) < 4.78 is 10.4. The van der Waals surface area contributed by atoms with E-state index in [9.17, 15) is 4.79 Å². The zero-order chi connectivity index (χ0) is 11.2. The number of hydrogen-bond acceptors (Lipinski definition) is 4. The molecule has 0 N–H and O–H groups in total. The molecule has 2 rings (SSSR count). The summed E-state index contributed by atoms with van der Waals surface area (Å²) in [4.78, 5) is 12.4. The molecule has 0 aromatic carbocycles. The van der Waals surface area contributed by atoms with Gasteiger partial charge in [0.15, 0.2) is 0 Å². The van der Waals surface area contributed by atoms with Gasteiger partial charge in [-0.1, -0.05) is 6.07 Å². The predicted molar refractivity (Wildman–Crippen MR) is 63.3 cm³/mol. The van der Waals surface area contributed by atoms with Crippen molar-refractivity contribution in [1.82, 2.24) is 0 Å². The highest BCUT2D eigenvalue weighted by Crippen LogP contribution is 2.13. The number of rotatable bonds is 4. The summed E-state index contributed by atoms with van der Waals surface area (Å²) in [5, 5.41) is 1.97. The van der Waals surface area contributed by atoms with Gasteiger partial charge >= 0.3 is 5.97 Å². The lowest BCUT2D eigenvalue weighted by Gasteiger charge is -2.08. The molecule has 3 nitrogen and oxygen atoms in total. The molecule has 0 amide bonds. The molecule has 0 bridgehead atoms. The third kappa shape index (κ3) is 3.47. The van der Waals surface area contributed by atoms with Crippen LogP contribution in [0.5, 0.6) is 0 Å². The number of thiophene rings is 1. The Labute approximate surface area is 98.7 Å². The SMILES string of the molecule is O=C(/C=C/c1cccs1)OCC1CCCO1. The molecule has 0 aliphatic carbocycles. The Balaban J connectivity index is 1.71. The maximum atomic E-state index is 11.3. The minimum absolute atomic E-state index is 0.0964. The third-order valence-corrected chi connectivity index (χ3v) is 3.20. The van der Waals surface area contributed by atoms with E-state index in [-0.39, 0.29) is 12.1 Å². The second-order valence-corrected chi connectivity index (χ2v) is 4.59. The predicted octanol–water partition coefficient (Wildman–Crippen LogP) is 2.48. The molecule has 16 heavy (non-hydrogen) atoms. The molecule has 1 aromatic heterocycles. The van der Waals surface area contributed by atoms with Gasteiger partial charge in [-0.2, -0.15) is 0 Å². The Morgan fingerprint density at radius 2 is 2.62 bits per heavy atom. The monoisotopic (exact) mass is 238 g/mol. The van der Waals surface area contributed by atoms with Gasteiger partial charge in [0.05, 0.1) is 6.10 Å². The van der Waals surface area contributed by atoms with Gasteiger partial charge in [0.2, 0.25) is 0 Å². The summed E-state index contributed by atoms with van der Waals surface area (Å²) in [7, 11) is 0. The zero-order valence-corrected chi connectivity index (χ0v) is 9.74. The quantitative estimate of drug-likeness (QED) is 0.597. The number of carbonyl (C=O) groups is 1. The Kier molecular flexibility index (Phi) is 4.13. The molecule has 1 aliphatic rings. The van der Waals surface area contributed by atoms with Crippen molar-refractivity contribution in [3.05, 3.63) is 28.5 Å². The molecule has 1 unspecified atom stereocenters. The summed E-state index contributed by atoms with van der Waals surface area (Å²) >= 11 is 1.59. The maximum Gasteiger partial charge on any atom is 0.330 e. The molecule has 86 valence electrons. The molecule has 0 radical (unpaired) electrons. The lowest BCUT2D eigenvalue weighted by molar-refractivity contribution is -0.140. The van der Waals surface area contributed by atoms with Gasteiger partial charge in [0.25, 0.3) is 0 Å². The molecule has 1 aromatic rings. The highest BCUT2D eigenvalue weighted by Gasteiger charge is 2.16. The minimum Gasteiger partial charge on any atom is -0.460 e. The van der Waals surface area contributed by atoms with Crippen LogP contribution >= 0.6 is 11.3 Å². The van der Waals surface area contributed by atoms with Crippen molar-refractivity contribution < 1.29 is 14.3 Å². The van der Waals surface area contributed by atoms with Crippen LogP contribution in [-0.4, -0.2) is 25.3 Å². The van der Waals surface area contributed by atoms with Crippen LogP contribution in [0.15, 0.2) is 23.6 Å². The molecular weight excluding hydrogens is 224 g/mol. The first-order valence-electron chi connectivity index (χ1n) is 5.34. The van der Waals surface area contributed by atoms with E-state index in [1.54, 1.807) is 17.4 Å². The van der Waals surface area contributed by atoms with Crippen molar-refractivity contribution in [3.8, 4) is 0 Å². The van der Waals surface area contributed by atoms with Crippen LogP contribution in [-0.2, 0) is 14.3 Å². The van der Waals surface area contributed by atoms with Crippen LogP contribution in [0.1, 0.15) is 17.7 Å². The highest BCUT2D eigenvalue weighted by molar-refractivity contribution is 7.10. The van der Waals surface area contributed by atoms with Gasteiger partial charge in [-0.3, -0.25) is 0 Å². The summed E-state index contributed by atoms with van der Waals surface area (Å²) in [5.74, 6) is -0.302. The number of esters is 1. The zero-order valence-electron chi connectivity index (χ0n) is 8.93. The number of carbonyl (C=O) groups excluding carboxylic acids is 1. The van der Waals surface area contributed by atoms with Crippen LogP contribution in [0.25, 0.3) is 6.08 Å². The van der Waals surface area contributed by atoms with Crippen LogP contribution in [0, 0.1) is 0 Å². The first-order chi connectivity index (χ1) is 7.84. The van der Waals surface area contributed by atoms with Crippen molar-refractivity contribution in [2.24, 2.45) is 0 Å². The highest BCUT2D eigenvalue weighted by atomic mass is 32.1. The van der Waals surface area contributed by atoms with Gasteiger partial charge in [-0.25, -0.2) is 4.79 Å². The first-order valence-corrected chi connectivity index (χ1v) is 6.22. The number of hydrogen-bond donors (Lipinski definition) is 0. The molecule has 1 atom stereocenters. The van der Waals surface area contributed by atoms with E-state index < -0.39 is 0 Å². The standard InChI is InChI=1S/C12H14O3S/c13-12(6-5-11-4-2-8-16-11)15-9-10-3-1-7-14-10/h2,4-6,8,10H,1,3,7,9H2/b6-5+. The number of ether oxygens (including phenoxy) is 2. The van der Waals surface area contributed by atoms with Crippen LogP contribution < -0.4 is 0 Å². The fraction of sp³-hybridized carbons (Fsp3) is 0.417. The molecule has 1 aliphatic heterocycles. The van der Waals surface area contributed by atoms with Gasteiger partial charge in [0, 0.05) is 17.6 Å². The van der Waals surface area contributed by atoms with E-state index in [1.807, 2.05) is 17.5 Å². The van der Waals surface area contributed by atoms with E-state index >= 15 is 0 Å². The van der Waals surface area contributed by atoms with Crippen LogP contribution in [0.2, 0.25) is 0 Å². The molecule has 0 saturated carbocycles. The van der Waals surface area contributed by atoms with E-state index in [0.717, 1.165) is 24.3 Å². The van der Waals surface area contributed by atoms with E-state index in [0.29, 0.717) is 6.61 Å². The Hall–Kier alpha value is -1.13. The van der Waals surface area contributed by atoms with E-state index in [4.69, 9.17) is 9.47 Å². The molecule has 2 heterocycles. The third-order valence-electron chi connectivity index (χ3n) is 2.36. The maximum absolute atomic E-state index is 11.3.